The number of Topliss-reactive ketones (excluding diaryl/α,β-unsaturated/α-hetero) is 1. The minimum atomic E-state index is -5.03. The lowest BCUT2D eigenvalue weighted by Crippen LogP contribution is -2.23. The van der Waals surface area contributed by atoms with E-state index in [1.807, 2.05) is 0 Å². The molecule has 1 atom stereocenters. The normalized spacial score (nSPS) is 12.7. The fourth-order valence-electron chi connectivity index (χ4n) is 1.54. The number of esters is 1. The first kappa shape index (κ1) is 17.5. The van der Waals surface area contributed by atoms with E-state index in [2.05, 4.69) is 25.4 Å². The average Bonchev–Trinajstić information content (AvgIpc) is 2.36. The van der Waals surface area contributed by atoms with Crippen molar-refractivity contribution < 1.29 is 32.2 Å². The molecule has 4 nitrogen and oxygen atoms in total. The van der Waals surface area contributed by atoms with E-state index in [0.717, 1.165) is 12.1 Å². The number of alkyl halides is 4. The molecule has 0 N–H and O–H groups in total. The fraction of sp³-hybridized carbons (Fsp3) is 0.385. The topological polar surface area (TPSA) is 52.6 Å². The van der Waals surface area contributed by atoms with Crippen LogP contribution in [0.2, 0.25) is 0 Å². The van der Waals surface area contributed by atoms with E-state index >= 15 is 0 Å². The summed E-state index contributed by atoms with van der Waals surface area (Å²) in [4.78, 5) is 22.9. The van der Waals surface area contributed by atoms with Gasteiger partial charge in [-0.05, 0) is 26.0 Å². The number of ether oxygens (including phenoxy) is 2. The van der Waals surface area contributed by atoms with Crippen LogP contribution in [0.4, 0.5) is 13.2 Å². The van der Waals surface area contributed by atoms with E-state index < -0.39 is 34.3 Å². The van der Waals surface area contributed by atoms with Crippen molar-refractivity contribution in [3.05, 3.63) is 29.3 Å². The van der Waals surface area contributed by atoms with Gasteiger partial charge in [-0.2, -0.15) is 0 Å². The first-order valence-corrected chi connectivity index (χ1v) is 6.83. The van der Waals surface area contributed by atoms with Crippen LogP contribution >= 0.6 is 15.9 Å². The van der Waals surface area contributed by atoms with Crippen LogP contribution in [0.3, 0.4) is 0 Å². The Morgan fingerprint density at radius 1 is 1.29 bits per heavy atom. The van der Waals surface area contributed by atoms with E-state index in [1.165, 1.54) is 19.9 Å². The molecule has 1 rings (SSSR count). The number of benzene rings is 1. The third-order valence-corrected chi connectivity index (χ3v) is 2.77. The maximum atomic E-state index is 12.5. The van der Waals surface area contributed by atoms with Crippen molar-refractivity contribution in [2.75, 3.05) is 6.61 Å². The Morgan fingerprint density at radius 3 is 2.33 bits per heavy atom. The SMILES string of the molecule is CCOC(=O)c1cccc(C(=O)C(C)Br)c1OC(F)(F)F. The van der Waals surface area contributed by atoms with E-state index in [1.54, 1.807) is 0 Å². The van der Waals surface area contributed by atoms with Crippen LogP contribution in [0, 0.1) is 0 Å². The molecule has 0 saturated carbocycles. The summed E-state index contributed by atoms with van der Waals surface area (Å²) in [6.45, 7) is 2.95. The van der Waals surface area contributed by atoms with Gasteiger partial charge >= 0.3 is 12.3 Å². The number of rotatable bonds is 5. The van der Waals surface area contributed by atoms with Gasteiger partial charge in [-0.3, -0.25) is 4.79 Å². The molecule has 116 valence electrons. The number of hydrogen-bond donors (Lipinski definition) is 0. The average molecular weight is 369 g/mol. The Kier molecular flexibility index (Phi) is 5.77. The van der Waals surface area contributed by atoms with Crippen molar-refractivity contribution in [2.24, 2.45) is 0 Å². The highest BCUT2D eigenvalue weighted by molar-refractivity contribution is 9.10. The largest absolute Gasteiger partial charge is 0.573 e. The zero-order valence-electron chi connectivity index (χ0n) is 11.2. The van der Waals surface area contributed by atoms with Crippen LogP contribution in [-0.2, 0) is 4.74 Å². The second-order valence-corrected chi connectivity index (χ2v) is 5.30. The molecule has 0 aromatic heterocycles. The standard InChI is InChI=1S/C13H12BrF3O4/c1-3-20-12(19)9-6-4-5-8(10(18)7(2)14)11(9)21-13(15,16)17/h4-7H,3H2,1-2H3. The van der Waals surface area contributed by atoms with Gasteiger partial charge in [0.2, 0.25) is 0 Å². The molecule has 0 amide bonds. The second-order valence-electron chi connectivity index (χ2n) is 3.93. The summed E-state index contributed by atoms with van der Waals surface area (Å²) in [6, 6.07) is 3.55. The van der Waals surface area contributed by atoms with Crippen molar-refractivity contribution in [3.8, 4) is 5.75 Å². The molecule has 1 unspecified atom stereocenters. The van der Waals surface area contributed by atoms with Gasteiger partial charge in [-0.25, -0.2) is 4.79 Å². The molecule has 21 heavy (non-hydrogen) atoms. The van der Waals surface area contributed by atoms with Gasteiger partial charge in [-0.15, -0.1) is 13.2 Å². The highest BCUT2D eigenvalue weighted by atomic mass is 79.9. The van der Waals surface area contributed by atoms with Crippen LogP contribution in [0.25, 0.3) is 0 Å². The van der Waals surface area contributed by atoms with Crippen molar-refractivity contribution >= 4 is 27.7 Å². The highest BCUT2D eigenvalue weighted by Gasteiger charge is 2.36. The first-order chi connectivity index (χ1) is 9.67. The van der Waals surface area contributed by atoms with Gasteiger partial charge in [0, 0.05) is 0 Å². The maximum absolute atomic E-state index is 12.5. The molecule has 0 aliphatic rings. The quantitative estimate of drug-likeness (QED) is 0.451. The van der Waals surface area contributed by atoms with Crippen LogP contribution in [0.1, 0.15) is 34.6 Å². The third-order valence-electron chi connectivity index (χ3n) is 2.35. The molecule has 1 aromatic rings. The Hall–Kier alpha value is -1.57. The molecule has 0 radical (unpaired) electrons. The molecule has 0 saturated heterocycles. The fourth-order valence-corrected chi connectivity index (χ4v) is 1.79. The Bertz CT molecular complexity index is 541. The van der Waals surface area contributed by atoms with Crippen LogP contribution in [0.5, 0.6) is 5.75 Å². The summed E-state index contributed by atoms with van der Waals surface area (Å²) in [5.74, 6) is -2.48. The van der Waals surface area contributed by atoms with E-state index in [-0.39, 0.29) is 12.2 Å². The summed E-state index contributed by atoms with van der Waals surface area (Å²) < 4.78 is 46.1. The zero-order chi connectivity index (χ0) is 16.2. The van der Waals surface area contributed by atoms with Crippen molar-refractivity contribution in [2.45, 2.75) is 25.0 Å². The predicted molar refractivity (Wildman–Crippen MR) is 71.8 cm³/mol. The summed E-state index contributed by atoms with van der Waals surface area (Å²) in [7, 11) is 0. The Morgan fingerprint density at radius 2 is 1.86 bits per heavy atom. The lowest BCUT2D eigenvalue weighted by Gasteiger charge is -2.16. The number of halogens is 4. The van der Waals surface area contributed by atoms with E-state index in [0.29, 0.717) is 0 Å². The molecule has 0 fully saturated rings. The Balaban J connectivity index is 3.41. The number of para-hydroxylation sites is 1. The number of carbonyl (C=O) groups excluding carboxylic acids is 2. The molecule has 0 aliphatic carbocycles. The van der Waals surface area contributed by atoms with Gasteiger partial charge in [0.25, 0.3) is 0 Å². The molecule has 0 heterocycles. The number of hydrogen-bond acceptors (Lipinski definition) is 4. The van der Waals surface area contributed by atoms with Crippen molar-refractivity contribution in [1.29, 1.82) is 0 Å². The molecule has 0 spiro atoms. The lowest BCUT2D eigenvalue weighted by atomic mass is 10.0. The van der Waals surface area contributed by atoms with Gasteiger partial charge in [0.05, 0.1) is 17.0 Å². The minimum Gasteiger partial charge on any atom is -0.462 e. The summed E-state index contributed by atoms with van der Waals surface area (Å²) in [5.41, 5.74) is -0.796. The van der Waals surface area contributed by atoms with Crippen LogP contribution < -0.4 is 4.74 Å². The maximum Gasteiger partial charge on any atom is 0.573 e. The van der Waals surface area contributed by atoms with Crippen LogP contribution in [-0.4, -0.2) is 29.5 Å². The van der Waals surface area contributed by atoms with Gasteiger partial charge in [0.1, 0.15) is 5.56 Å². The van der Waals surface area contributed by atoms with Gasteiger partial charge in [-0.1, -0.05) is 22.0 Å². The summed E-state index contributed by atoms with van der Waals surface area (Å²) in [6.07, 6.45) is -5.03. The first-order valence-electron chi connectivity index (χ1n) is 5.91. The van der Waals surface area contributed by atoms with Crippen LogP contribution in [0.15, 0.2) is 18.2 Å². The third kappa shape index (κ3) is 4.73. The molecular weight excluding hydrogens is 357 g/mol. The van der Waals surface area contributed by atoms with Gasteiger partial charge < -0.3 is 9.47 Å². The lowest BCUT2D eigenvalue weighted by molar-refractivity contribution is -0.274. The summed E-state index contributed by atoms with van der Waals surface area (Å²) >= 11 is 2.98. The minimum absolute atomic E-state index is 0.0166. The molecule has 8 heteroatoms. The Labute approximate surface area is 127 Å². The monoisotopic (exact) mass is 368 g/mol. The van der Waals surface area contributed by atoms with E-state index in [9.17, 15) is 22.8 Å². The number of ketones is 1. The highest BCUT2D eigenvalue weighted by Crippen LogP contribution is 2.32. The number of carbonyl (C=O) groups is 2. The molecule has 1 aromatic carbocycles. The summed E-state index contributed by atoms with van der Waals surface area (Å²) in [5, 5.41) is 0. The van der Waals surface area contributed by atoms with Gasteiger partial charge in [0.15, 0.2) is 11.5 Å². The predicted octanol–water partition coefficient (Wildman–Crippen LogP) is 3.73. The zero-order valence-corrected chi connectivity index (χ0v) is 12.7. The van der Waals surface area contributed by atoms with Crippen molar-refractivity contribution in [1.82, 2.24) is 0 Å². The molecule has 0 aliphatic heterocycles. The second kappa shape index (κ2) is 6.93. The van der Waals surface area contributed by atoms with Crippen molar-refractivity contribution in [3.63, 3.8) is 0 Å². The smallest absolute Gasteiger partial charge is 0.462 e. The van der Waals surface area contributed by atoms with E-state index in [4.69, 9.17) is 0 Å². The molecular formula is C13H12BrF3O4. The molecule has 0 bridgehead atoms.